The Hall–Kier alpha value is -4.66. The van der Waals surface area contributed by atoms with Gasteiger partial charge in [0, 0.05) is 40.7 Å². The van der Waals surface area contributed by atoms with Gasteiger partial charge in [-0.15, -0.1) is 0 Å². The van der Waals surface area contributed by atoms with Crippen LogP contribution < -0.4 is 9.47 Å². The molecule has 9 nitrogen and oxygen atoms in total. The van der Waals surface area contributed by atoms with Crippen LogP contribution in [0, 0.1) is 13.8 Å². The second-order valence-corrected chi connectivity index (χ2v) is 9.19. The van der Waals surface area contributed by atoms with E-state index in [0.717, 1.165) is 39.1 Å². The SMILES string of the molecule is CCOc1cc(C(=O)O)cc(OCC)c1-c1cn([C@@H](C)c2ccccn2)c2ncc(-c3c(C)noc3C)cc12. The Bertz CT molecular complexity index is 1610. The second-order valence-electron chi connectivity index (χ2n) is 9.19. The molecule has 0 spiro atoms. The van der Waals surface area contributed by atoms with Gasteiger partial charge in [0.05, 0.1) is 41.8 Å². The molecule has 0 saturated carbocycles. The maximum Gasteiger partial charge on any atom is 0.335 e. The third kappa shape index (κ3) is 4.71. The Balaban J connectivity index is 1.84. The molecular formula is C30H30N4O5. The highest BCUT2D eigenvalue weighted by Crippen LogP contribution is 2.45. The van der Waals surface area contributed by atoms with Crippen molar-refractivity contribution in [1.82, 2.24) is 19.7 Å². The van der Waals surface area contributed by atoms with Crippen molar-refractivity contribution >= 4 is 17.0 Å². The Morgan fingerprint density at radius 2 is 1.77 bits per heavy atom. The molecule has 5 aromatic rings. The fourth-order valence-electron chi connectivity index (χ4n) is 4.94. The predicted molar refractivity (Wildman–Crippen MR) is 147 cm³/mol. The third-order valence-electron chi connectivity index (χ3n) is 6.71. The van der Waals surface area contributed by atoms with Gasteiger partial charge >= 0.3 is 5.97 Å². The van der Waals surface area contributed by atoms with Gasteiger partial charge in [-0.1, -0.05) is 11.2 Å². The molecule has 0 radical (unpaired) electrons. The summed E-state index contributed by atoms with van der Waals surface area (Å²) in [6.07, 6.45) is 5.60. The zero-order valence-corrected chi connectivity index (χ0v) is 22.6. The Labute approximate surface area is 226 Å². The molecule has 9 heteroatoms. The summed E-state index contributed by atoms with van der Waals surface area (Å²) >= 11 is 0. The maximum atomic E-state index is 11.9. The van der Waals surface area contributed by atoms with Crippen molar-refractivity contribution in [2.75, 3.05) is 13.2 Å². The van der Waals surface area contributed by atoms with Crippen molar-refractivity contribution in [2.24, 2.45) is 0 Å². The van der Waals surface area contributed by atoms with Crippen LogP contribution in [0.1, 0.15) is 54.3 Å². The molecule has 0 unspecified atom stereocenters. The number of aryl methyl sites for hydroxylation is 2. The molecule has 0 fully saturated rings. The molecule has 4 aromatic heterocycles. The summed E-state index contributed by atoms with van der Waals surface area (Å²) in [5.74, 6) is 0.491. The van der Waals surface area contributed by atoms with Crippen molar-refractivity contribution < 1.29 is 23.9 Å². The van der Waals surface area contributed by atoms with Crippen LogP contribution in [-0.4, -0.2) is 44.0 Å². The van der Waals surface area contributed by atoms with Crippen LogP contribution >= 0.6 is 0 Å². The van der Waals surface area contributed by atoms with Gasteiger partial charge in [-0.25, -0.2) is 9.78 Å². The Kier molecular flexibility index (Phi) is 7.06. The minimum atomic E-state index is -1.06. The molecule has 0 saturated heterocycles. The van der Waals surface area contributed by atoms with E-state index in [1.165, 1.54) is 0 Å². The van der Waals surface area contributed by atoms with Crippen LogP contribution in [0.25, 0.3) is 33.3 Å². The number of aromatic carboxylic acids is 1. The van der Waals surface area contributed by atoms with Crippen molar-refractivity contribution in [3.63, 3.8) is 0 Å². The van der Waals surface area contributed by atoms with E-state index in [1.54, 1.807) is 18.3 Å². The number of fused-ring (bicyclic) bond motifs is 1. The quantitative estimate of drug-likeness (QED) is 0.232. The number of aromatic nitrogens is 4. The third-order valence-corrected chi connectivity index (χ3v) is 6.71. The summed E-state index contributed by atoms with van der Waals surface area (Å²) in [7, 11) is 0. The number of carboxylic acid groups (broad SMARTS) is 1. The molecule has 39 heavy (non-hydrogen) atoms. The van der Waals surface area contributed by atoms with Gasteiger partial charge in [0.1, 0.15) is 22.9 Å². The second kappa shape index (κ2) is 10.6. The summed E-state index contributed by atoms with van der Waals surface area (Å²) in [6.45, 7) is 10.3. The molecule has 0 aliphatic carbocycles. The minimum Gasteiger partial charge on any atom is -0.493 e. The van der Waals surface area contributed by atoms with E-state index in [2.05, 4.69) is 27.7 Å². The van der Waals surface area contributed by atoms with E-state index < -0.39 is 5.97 Å². The van der Waals surface area contributed by atoms with Crippen molar-refractivity contribution in [3.05, 3.63) is 77.7 Å². The molecule has 1 aromatic carbocycles. The number of hydrogen-bond donors (Lipinski definition) is 1. The normalized spacial score (nSPS) is 12.0. The maximum absolute atomic E-state index is 11.9. The fraction of sp³-hybridized carbons (Fsp3) is 0.267. The van der Waals surface area contributed by atoms with E-state index in [4.69, 9.17) is 19.0 Å². The van der Waals surface area contributed by atoms with Gasteiger partial charge in [-0.3, -0.25) is 4.98 Å². The lowest BCUT2D eigenvalue weighted by Gasteiger charge is -2.16. The van der Waals surface area contributed by atoms with E-state index in [9.17, 15) is 9.90 Å². The number of rotatable bonds is 9. The van der Waals surface area contributed by atoms with E-state index in [1.807, 2.05) is 58.3 Å². The highest BCUT2D eigenvalue weighted by atomic mass is 16.5. The van der Waals surface area contributed by atoms with Crippen LogP contribution in [-0.2, 0) is 0 Å². The molecule has 1 atom stereocenters. The summed E-state index contributed by atoms with van der Waals surface area (Å²) in [5, 5.41) is 14.7. The first-order valence-corrected chi connectivity index (χ1v) is 12.9. The van der Waals surface area contributed by atoms with E-state index in [0.29, 0.717) is 36.0 Å². The first-order valence-electron chi connectivity index (χ1n) is 12.9. The zero-order valence-electron chi connectivity index (χ0n) is 22.6. The number of carbonyl (C=O) groups is 1. The van der Waals surface area contributed by atoms with Crippen LogP contribution in [0.4, 0.5) is 0 Å². The van der Waals surface area contributed by atoms with Crippen LogP contribution in [0.3, 0.4) is 0 Å². The molecule has 1 N–H and O–H groups in total. The summed E-state index contributed by atoms with van der Waals surface area (Å²) in [6, 6.07) is 10.8. The number of carboxylic acids is 1. The molecular weight excluding hydrogens is 496 g/mol. The highest BCUT2D eigenvalue weighted by molar-refractivity contribution is 6.01. The van der Waals surface area contributed by atoms with E-state index in [-0.39, 0.29) is 11.6 Å². The summed E-state index contributed by atoms with van der Waals surface area (Å²) < 4.78 is 19.5. The van der Waals surface area contributed by atoms with Gasteiger partial charge in [0.25, 0.3) is 0 Å². The number of nitrogens with zero attached hydrogens (tertiary/aromatic N) is 4. The van der Waals surface area contributed by atoms with Crippen molar-refractivity contribution in [1.29, 1.82) is 0 Å². The standard InChI is InChI=1S/C30H30N4O5/c1-6-37-25-13-20(30(35)36)14-26(38-7-2)28(25)23-16-34(18(4)24-10-8-9-11-31-24)29-22(23)12-21(15-32-29)27-17(3)33-39-19(27)5/h8-16,18H,6-7H2,1-5H3,(H,35,36)/t18-/m0/s1. The zero-order chi connectivity index (χ0) is 27.7. The number of hydrogen-bond acceptors (Lipinski definition) is 7. The van der Waals surface area contributed by atoms with Gasteiger partial charge in [0.15, 0.2) is 0 Å². The fourth-order valence-corrected chi connectivity index (χ4v) is 4.94. The van der Waals surface area contributed by atoms with Crippen LogP contribution in [0.5, 0.6) is 11.5 Å². The average molecular weight is 527 g/mol. The van der Waals surface area contributed by atoms with Gasteiger partial charge in [-0.2, -0.15) is 0 Å². The predicted octanol–water partition coefficient (Wildman–Crippen LogP) is 6.48. The molecule has 0 amide bonds. The first-order chi connectivity index (χ1) is 18.8. The molecule has 4 heterocycles. The van der Waals surface area contributed by atoms with Gasteiger partial charge in [-0.05, 0) is 65.0 Å². The number of ether oxygens (including phenoxy) is 2. The Morgan fingerprint density at radius 3 is 2.33 bits per heavy atom. The van der Waals surface area contributed by atoms with Crippen molar-refractivity contribution in [2.45, 2.75) is 40.7 Å². The first kappa shape index (κ1) is 26.0. The molecule has 0 bridgehead atoms. The lowest BCUT2D eigenvalue weighted by atomic mass is 9.99. The number of benzene rings is 1. The van der Waals surface area contributed by atoms with Gasteiger partial charge < -0.3 is 23.7 Å². The average Bonchev–Trinajstić information content (AvgIpc) is 3.47. The molecule has 5 rings (SSSR count). The molecule has 0 aliphatic rings. The van der Waals surface area contributed by atoms with Crippen molar-refractivity contribution in [3.8, 4) is 33.8 Å². The van der Waals surface area contributed by atoms with Crippen LogP contribution in [0.2, 0.25) is 0 Å². The topological polar surface area (TPSA) is 113 Å². The van der Waals surface area contributed by atoms with Crippen LogP contribution in [0.15, 0.2) is 59.5 Å². The van der Waals surface area contributed by atoms with E-state index >= 15 is 0 Å². The largest absolute Gasteiger partial charge is 0.493 e. The highest BCUT2D eigenvalue weighted by Gasteiger charge is 2.25. The molecule has 0 aliphatic heterocycles. The summed E-state index contributed by atoms with van der Waals surface area (Å²) in [5.41, 5.74) is 5.70. The lowest BCUT2D eigenvalue weighted by molar-refractivity contribution is 0.0696. The molecule has 200 valence electrons. The minimum absolute atomic E-state index is 0.0887. The monoisotopic (exact) mass is 526 g/mol. The van der Waals surface area contributed by atoms with Gasteiger partial charge in [0.2, 0.25) is 0 Å². The lowest BCUT2D eigenvalue weighted by Crippen LogP contribution is -2.07. The smallest absolute Gasteiger partial charge is 0.335 e. The number of pyridine rings is 2. The Morgan fingerprint density at radius 1 is 1.05 bits per heavy atom. The summed E-state index contributed by atoms with van der Waals surface area (Å²) in [4.78, 5) is 21.4.